The molecule has 1 heterocycles. The zero-order chi connectivity index (χ0) is 12.5. The number of benzene rings is 1. The molecule has 18 heavy (non-hydrogen) atoms. The van der Waals surface area contributed by atoms with Crippen molar-refractivity contribution < 1.29 is 4.39 Å². The number of halogens is 2. The largest absolute Gasteiger partial charge is 0.308 e. The number of rotatable bonds is 4. The second kappa shape index (κ2) is 5.07. The molecule has 0 bridgehead atoms. The van der Waals surface area contributed by atoms with Gasteiger partial charge in [0.05, 0.1) is 10.2 Å². The highest BCUT2D eigenvalue weighted by Gasteiger charge is 2.20. The van der Waals surface area contributed by atoms with Gasteiger partial charge in [0.25, 0.3) is 0 Å². The van der Waals surface area contributed by atoms with Crippen molar-refractivity contribution in [2.75, 3.05) is 0 Å². The zero-order valence-electron chi connectivity index (χ0n) is 9.62. The van der Waals surface area contributed by atoms with Crippen LogP contribution in [0.15, 0.2) is 28.1 Å². The molecule has 1 aliphatic carbocycles. The van der Waals surface area contributed by atoms with Crippen molar-refractivity contribution in [3.05, 3.63) is 39.6 Å². The molecule has 0 atom stereocenters. The van der Waals surface area contributed by atoms with E-state index in [1.807, 2.05) is 0 Å². The second-order valence-corrected chi connectivity index (χ2v) is 6.14. The predicted octanol–water partition coefficient (Wildman–Crippen LogP) is 3.96. The molecule has 94 valence electrons. The molecule has 0 unspecified atom stereocenters. The van der Waals surface area contributed by atoms with Crippen LogP contribution in [0.5, 0.6) is 0 Å². The van der Waals surface area contributed by atoms with E-state index in [0.717, 1.165) is 22.8 Å². The molecule has 1 N–H and O–H groups in total. The molecule has 0 amide bonds. The van der Waals surface area contributed by atoms with Gasteiger partial charge in [-0.3, -0.25) is 0 Å². The third-order valence-corrected chi connectivity index (χ3v) is 4.42. The standard InChI is InChI=1S/C13H12BrFN2S/c14-11-5-8(1-4-12(11)15)13-17-10(7-18-13)6-16-9-2-3-9/h1,4-5,7,9,16H,2-3,6H2. The van der Waals surface area contributed by atoms with E-state index in [0.29, 0.717) is 10.5 Å². The fraction of sp³-hybridized carbons (Fsp3) is 0.308. The number of aromatic nitrogens is 1. The Morgan fingerprint density at radius 1 is 1.44 bits per heavy atom. The Balaban J connectivity index is 1.76. The van der Waals surface area contributed by atoms with Crippen molar-refractivity contribution in [2.24, 2.45) is 0 Å². The van der Waals surface area contributed by atoms with Crippen molar-refractivity contribution in [1.82, 2.24) is 10.3 Å². The summed E-state index contributed by atoms with van der Waals surface area (Å²) in [6, 6.07) is 5.68. The molecular formula is C13H12BrFN2S. The highest BCUT2D eigenvalue weighted by atomic mass is 79.9. The Hall–Kier alpha value is -0.780. The number of nitrogens with zero attached hydrogens (tertiary/aromatic N) is 1. The van der Waals surface area contributed by atoms with Crippen LogP contribution in [0.2, 0.25) is 0 Å². The molecule has 1 aliphatic rings. The van der Waals surface area contributed by atoms with Crippen molar-refractivity contribution in [2.45, 2.75) is 25.4 Å². The smallest absolute Gasteiger partial charge is 0.137 e. The summed E-state index contributed by atoms with van der Waals surface area (Å²) in [6.45, 7) is 0.823. The molecule has 1 fully saturated rings. The van der Waals surface area contributed by atoms with Gasteiger partial charge >= 0.3 is 0 Å². The molecule has 0 aliphatic heterocycles. The van der Waals surface area contributed by atoms with Crippen LogP contribution in [0.3, 0.4) is 0 Å². The average Bonchev–Trinajstić information content (AvgIpc) is 3.08. The van der Waals surface area contributed by atoms with Crippen LogP contribution in [0.1, 0.15) is 18.5 Å². The first-order valence-corrected chi connectivity index (χ1v) is 7.53. The van der Waals surface area contributed by atoms with Crippen LogP contribution in [-0.2, 0) is 6.54 Å². The van der Waals surface area contributed by atoms with E-state index < -0.39 is 0 Å². The van der Waals surface area contributed by atoms with E-state index in [1.165, 1.54) is 18.9 Å². The van der Waals surface area contributed by atoms with Crippen LogP contribution < -0.4 is 5.32 Å². The second-order valence-electron chi connectivity index (χ2n) is 4.43. The number of hydrogen-bond donors (Lipinski definition) is 1. The minimum atomic E-state index is -0.245. The summed E-state index contributed by atoms with van der Waals surface area (Å²) in [5.41, 5.74) is 2.01. The van der Waals surface area contributed by atoms with Gasteiger partial charge in [-0.15, -0.1) is 11.3 Å². The molecule has 0 radical (unpaired) electrons. The quantitative estimate of drug-likeness (QED) is 0.919. The third-order valence-electron chi connectivity index (χ3n) is 2.87. The van der Waals surface area contributed by atoms with Crippen LogP contribution in [0.4, 0.5) is 4.39 Å². The first-order valence-electron chi connectivity index (χ1n) is 5.85. The molecule has 1 aromatic heterocycles. The first-order chi connectivity index (χ1) is 8.72. The Kier molecular flexibility index (Phi) is 3.46. The maximum Gasteiger partial charge on any atom is 0.137 e. The zero-order valence-corrected chi connectivity index (χ0v) is 12.0. The minimum Gasteiger partial charge on any atom is -0.308 e. The molecule has 1 saturated carbocycles. The number of thiazole rings is 1. The van der Waals surface area contributed by atoms with E-state index >= 15 is 0 Å². The van der Waals surface area contributed by atoms with Crippen LogP contribution in [0, 0.1) is 5.82 Å². The lowest BCUT2D eigenvalue weighted by molar-refractivity contribution is 0.621. The van der Waals surface area contributed by atoms with E-state index in [-0.39, 0.29) is 5.82 Å². The summed E-state index contributed by atoms with van der Waals surface area (Å²) >= 11 is 4.79. The minimum absolute atomic E-state index is 0.245. The number of hydrogen-bond acceptors (Lipinski definition) is 3. The highest BCUT2D eigenvalue weighted by molar-refractivity contribution is 9.10. The fourth-order valence-electron chi connectivity index (χ4n) is 1.69. The third kappa shape index (κ3) is 2.79. The van der Waals surface area contributed by atoms with Gasteiger partial charge in [0.1, 0.15) is 10.8 Å². The van der Waals surface area contributed by atoms with E-state index in [9.17, 15) is 4.39 Å². The van der Waals surface area contributed by atoms with Gasteiger partial charge in [0.2, 0.25) is 0 Å². The summed E-state index contributed by atoms with van der Waals surface area (Å²) in [5, 5.41) is 6.42. The predicted molar refractivity (Wildman–Crippen MR) is 75.1 cm³/mol. The first kappa shape index (κ1) is 12.3. The van der Waals surface area contributed by atoms with E-state index in [4.69, 9.17) is 0 Å². The van der Waals surface area contributed by atoms with Crippen LogP contribution >= 0.6 is 27.3 Å². The van der Waals surface area contributed by atoms with Gasteiger partial charge in [0, 0.05) is 23.5 Å². The van der Waals surface area contributed by atoms with Crippen molar-refractivity contribution in [3.63, 3.8) is 0 Å². The molecule has 2 aromatic rings. The van der Waals surface area contributed by atoms with Gasteiger partial charge in [-0.1, -0.05) is 0 Å². The SMILES string of the molecule is Fc1ccc(-c2nc(CNC3CC3)cs2)cc1Br. The van der Waals surface area contributed by atoms with Crippen LogP contribution in [-0.4, -0.2) is 11.0 Å². The van der Waals surface area contributed by atoms with Crippen molar-refractivity contribution >= 4 is 27.3 Å². The topological polar surface area (TPSA) is 24.9 Å². The van der Waals surface area contributed by atoms with Crippen LogP contribution in [0.25, 0.3) is 10.6 Å². The molecular weight excluding hydrogens is 315 g/mol. The summed E-state index contributed by atoms with van der Waals surface area (Å²) < 4.78 is 13.6. The van der Waals surface area contributed by atoms with Gasteiger partial charge in [-0.2, -0.15) is 0 Å². The average molecular weight is 327 g/mol. The Bertz CT molecular complexity index is 566. The van der Waals surface area contributed by atoms with Gasteiger partial charge < -0.3 is 5.32 Å². The normalized spacial score (nSPS) is 15.0. The van der Waals surface area contributed by atoms with E-state index in [2.05, 4.69) is 31.6 Å². The van der Waals surface area contributed by atoms with Gasteiger partial charge in [0.15, 0.2) is 0 Å². The van der Waals surface area contributed by atoms with Crippen molar-refractivity contribution in [1.29, 1.82) is 0 Å². The molecule has 3 rings (SSSR count). The molecule has 0 saturated heterocycles. The molecule has 2 nitrogen and oxygen atoms in total. The Morgan fingerprint density at radius 3 is 3.00 bits per heavy atom. The Morgan fingerprint density at radius 2 is 2.28 bits per heavy atom. The molecule has 0 spiro atoms. The molecule has 1 aromatic carbocycles. The lowest BCUT2D eigenvalue weighted by Crippen LogP contribution is -2.15. The molecule has 5 heteroatoms. The lowest BCUT2D eigenvalue weighted by Gasteiger charge is -1.99. The van der Waals surface area contributed by atoms with E-state index in [1.54, 1.807) is 23.5 Å². The monoisotopic (exact) mass is 326 g/mol. The summed E-state index contributed by atoms with van der Waals surface area (Å²) in [6.07, 6.45) is 2.56. The van der Waals surface area contributed by atoms with Gasteiger partial charge in [-0.05, 0) is 47.0 Å². The lowest BCUT2D eigenvalue weighted by atomic mass is 10.2. The fourth-order valence-corrected chi connectivity index (χ4v) is 2.88. The summed E-state index contributed by atoms with van der Waals surface area (Å²) in [7, 11) is 0. The Labute approximate surface area is 117 Å². The maximum atomic E-state index is 13.2. The maximum absolute atomic E-state index is 13.2. The highest BCUT2D eigenvalue weighted by Crippen LogP contribution is 2.28. The summed E-state index contributed by atoms with van der Waals surface area (Å²) in [5.74, 6) is -0.245. The van der Waals surface area contributed by atoms with Gasteiger partial charge in [-0.25, -0.2) is 9.37 Å². The number of nitrogens with one attached hydrogen (secondary N) is 1. The summed E-state index contributed by atoms with van der Waals surface area (Å²) in [4.78, 5) is 4.56. The van der Waals surface area contributed by atoms with Crippen molar-refractivity contribution in [3.8, 4) is 10.6 Å².